The molecule has 7 heteroatoms. The molecule has 0 fully saturated rings. The highest BCUT2D eigenvalue weighted by Gasteiger charge is 2.11. The second-order valence-corrected chi connectivity index (χ2v) is 5.01. The van der Waals surface area contributed by atoms with E-state index in [2.05, 4.69) is 20.5 Å². The zero-order valence-corrected chi connectivity index (χ0v) is 11.9. The molecule has 0 aliphatic carbocycles. The van der Waals surface area contributed by atoms with E-state index in [1.165, 1.54) is 5.56 Å². The fourth-order valence-electron chi connectivity index (χ4n) is 1.88. The van der Waals surface area contributed by atoms with Gasteiger partial charge in [-0.3, -0.25) is 0 Å². The Morgan fingerprint density at radius 3 is 2.71 bits per heavy atom. The van der Waals surface area contributed by atoms with Crippen LogP contribution in [0.2, 0.25) is 0 Å². The van der Waals surface area contributed by atoms with Crippen molar-refractivity contribution in [3.05, 3.63) is 47.6 Å². The van der Waals surface area contributed by atoms with Crippen LogP contribution in [-0.2, 0) is 6.54 Å². The summed E-state index contributed by atoms with van der Waals surface area (Å²) in [6.45, 7) is 4.27. The number of aryl methyl sites for hydroxylation is 1. The normalized spacial score (nSPS) is 12.5. The van der Waals surface area contributed by atoms with Crippen molar-refractivity contribution in [3.8, 4) is 11.4 Å². The lowest BCUT2D eigenvalue weighted by Crippen LogP contribution is -2.05. The van der Waals surface area contributed by atoms with Gasteiger partial charge >= 0.3 is 0 Å². The van der Waals surface area contributed by atoms with Gasteiger partial charge in [-0.25, -0.2) is 4.68 Å². The summed E-state index contributed by atoms with van der Waals surface area (Å²) in [5.41, 5.74) is 8.59. The van der Waals surface area contributed by atoms with Crippen molar-refractivity contribution in [3.63, 3.8) is 0 Å². The first-order valence-electron chi connectivity index (χ1n) is 6.67. The van der Waals surface area contributed by atoms with E-state index < -0.39 is 0 Å². The molecule has 0 aliphatic rings. The molecule has 108 valence electrons. The van der Waals surface area contributed by atoms with Crippen LogP contribution in [0.4, 0.5) is 0 Å². The van der Waals surface area contributed by atoms with Gasteiger partial charge in [-0.1, -0.05) is 40.2 Å². The quantitative estimate of drug-likeness (QED) is 0.783. The highest BCUT2D eigenvalue weighted by Crippen LogP contribution is 2.16. The van der Waals surface area contributed by atoms with Gasteiger partial charge in [0, 0.05) is 11.6 Å². The first-order chi connectivity index (χ1) is 10.1. The second-order valence-electron chi connectivity index (χ2n) is 5.01. The standard InChI is InChI=1S/C14H16N6O/c1-9-3-5-11(6-4-9)14-16-13(21-18-14)8-20-7-12(10(2)15)17-19-20/h3-7,10H,8,15H2,1-2H3. The van der Waals surface area contributed by atoms with E-state index in [-0.39, 0.29) is 6.04 Å². The third-order valence-corrected chi connectivity index (χ3v) is 3.10. The molecule has 1 unspecified atom stereocenters. The lowest BCUT2D eigenvalue weighted by Gasteiger charge is -1.96. The van der Waals surface area contributed by atoms with Gasteiger partial charge in [0.2, 0.25) is 11.7 Å². The van der Waals surface area contributed by atoms with E-state index in [0.717, 1.165) is 11.3 Å². The molecular formula is C14H16N6O. The predicted octanol–water partition coefficient (Wildman–Crippen LogP) is 1.70. The van der Waals surface area contributed by atoms with Crippen molar-refractivity contribution in [2.45, 2.75) is 26.4 Å². The highest BCUT2D eigenvalue weighted by molar-refractivity contribution is 5.54. The van der Waals surface area contributed by atoms with Gasteiger partial charge in [-0.05, 0) is 13.8 Å². The number of nitrogens with zero attached hydrogens (tertiary/aromatic N) is 5. The van der Waals surface area contributed by atoms with Crippen molar-refractivity contribution in [2.75, 3.05) is 0 Å². The van der Waals surface area contributed by atoms with Gasteiger partial charge in [0.05, 0.1) is 11.9 Å². The first kappa shape index (κ1) is 13.4. The number of hydrogen-bond donors (Lipinski definition) is 1. The summed E-state index contributed by atoms with van der Waals surface area (Å²) < 4.78 is 6.87. The predicted molar refractivity (Wildman–Crippen MR) is 76.2 cm³/mol. The number of nitrogens with two attached hydrogens (primary N) is 1. The average molecular weight is 284 g/mol. The summed E-state index contributed by atoms with van der Waals surface area (Å²) in [5.74, 6) is 1.05. The van der Waals surface area contributed by atoms with Gasteiger partial charge < -0.3 is 10.3 Å². The van der Waals surface area contributed by atoms with Crippen LogP contribution >= 0.6 is 0 Å². The molecular weight excluding hydrogens is 268 g/mol. The molecule has 1 atom stereocenters. The summed E-state index contributed by atoms with van der Waals surface area (Å²) in [4.78, 5) is 4.36. The van der Waals surface area contributed by atoms with Crippen molar-refractivity contribution < 1.29 is 4.52 Å². The van der Waals surface area contributed by atoms with Gasteiger partial charge in [0.25, 0.3) is 0 Å². The van der Waals surface area contributed by atoms with E-state index in [4.69, 9.17) is 10.3 Å². The summed E-state index contributed by atoms with van der Waals surface area (Å²) in [6.07, 6.45) is 1.78. The molecule has 3 aromatic rings. The maximum atomic E-state index is 5.75. The Hall–Kier alpha value is -2.54. The minimum atomic E-state index is -0.149. The van der Waals surface area contributed by atoms with Crippen molar-refractivity contribution >= 4 is 0 Å². The van der Waals surface area contributed by atoms with E-state index in [1.807, 2.05) is 38.1 Å². The van der Waals surface area contributed by atoms with Crippen LogP contribution in [0.1, 0.15) is 30.1 Å². The number of aromatic nitrogens is 5. The Bertz CT molecular complexity index is 728. The lowest BCUT2D eigenvalue weighted by molar-refractivity contribution is 0.364. The Labute approximate surface area is 121 Å². The van der Waals surface area contributed by atoms with E-state index >= 15 is 0 Å². The molecule has 21 heavy (non-hydrogen) atoms. The monoisotopic (exact) mass is 284 g/mol. The minimum Gasteiger partial charge on any atom is -0.337 e. The van der Waals surface area contributed by atoms with Crippen LogP contribution in [0.5, 0.6) is 0 Å². The molecule has 2 heterocycles. The molecule has 0 amide bonds. The van der Waals surface area contributed by atoms with E-state index in [0.29, 0.717) is 18.3 Å². The zero-order chi connectivity index (χ0) is 14.8. The van der Waals surface area contributed by atoms with E-state index in [9.17, 15) is 0 Å². The lowest BCUT2D eigenvalue weighted by atomic mass is 10.1. The van der Waals surface area contributed by atoms with Gasteiger partial charge in [0.15, 0.2) is 0 Å². The van der Waals surface area contributed by atoms with Crippen LogP contribution in [0.25, 0.3) is 11.4 Å². The van der Waals surface area contributed by atoms with Gasteiger partial charge in [0.1, 0.15) is 6.54 Å². The average Bonchev–Trinajstić information content (AvgIpc) is 3.10. The van der Waals surface area contributed by atoms with Crippen molar-refractivity contribution in [1.29, 1.82) is 0 Å². The molecule has 7 nitrogen and oxygen atoms in total. The Morgan fingerprint density at radius 2 is 2.05 bits per heavy atom. The number of hydrogen-bond acceptors (Lipinski definition) is 6. The van der Waals surface area contributed by atoms with Crippen LogP contribution < -0.4 is 5.73 Å². The molecule has 2 N–H and O–H groups in total. The Morgan fingerprint density at radius 1 is 1.29 bits per heavy atom. The zero-order valence-electron chi connectivity index (χ0n) is 11.9. The summed E-state index contributed by atoms with van der Waals surface area (Å²) in [7, 11) is 0. The minimum absolute atomic E-state index is 0.149. The third kappa shape index (κ3) is 2.97. The Balaban J connectivity index is 1.76. The highest BCUT2D eigenvalue weighted by atomic mass is 16.5. The number of benzene rings is 1. The molecule has 1 aromatic carbocycles. The molecule has 0 aliphatic heterocycles. The molecule has 0 radical (unpaired) electrons. The van der Waals surface area contributed by atoms with Crippen LogP contribution in [0.3, 0.4) is 0 Å². The molecule has 0 saturated carbocycles. The van der Waals surface area contributed by atoms with Gasteiger partial charge in [-0.2, -0.15) is 4.98 Å². The summed E-state index contributed by atoms with van der Waals surface area (Å²) in [6, 6.07) is 7.81. The molecule has 2 aromatic heterocycles. The first-order valence-corrected chi connectivity index (χ1v) is 6.67. The van der Waals surface area contributed by atoms with Gasteiger partial charge in [-0.15, -0.1) is 5.10 Å². The third-order valence-electron chi connectivity index (χ3n) is 3.10. The van der Waals surface area contributed by atoms with Crippen LogP contribution in [0, 0.1) is 6.92 Å². The SMILES string of the molecule is Cc1ccc(-c2noc(Cn3cc(C(C)N)nn3)n2)cc1. The fourth-order valence-corrected chi connectivity index (χ4v) is 1.88. The van der Waals surface area contributed by atoms with Crippen molar-refractivity contribution in [2.24, 2.45) is 5.73 Å². The Kier molecular flexibility index (Phi) is 3.49. The largest absolute Gasteiger partial charge is 0.337 e. The summed E-state index contributed by atoms with van der Waals surface area (Å²) in [5, 5.41) is 12.0. The summed E-state index contributed by atoms with van der Waals surface area (Å²) >= 11 is 0. The maximum absolute atomic E-state index is 5.75. The number of rotatable bonds is 4. The molecule has 3 rings (SSSR count). The maximum Gasteiger partial charge on any atom is 0.248 e. The molecule has 0 saturated heterocycles. The smallest absolute Gasteiger partial charge is 0.248 e. The van der Waals surface area contributed by atoms with Crippen LogP contribution in [0.15, 0.2) is 35.0 Å². The fraction of sp³-hybridized carbons (Fsp3) is 0.286. The topological polar surface area (TPSA) is 95.7 Å². The van der Waals surface area contributed by atoms with Crippen LogP contribution in [-0.4, -0.2) is 25.1 Å². The second kappa shape index (κ2) is 5.45. The molecule has 0 spiro atoms. The molecule has 0 bridgehead atoms. The van der Waals surface area contributed by atoms with Crippen molar-refractivity contribution in [1.82, 2.24) is 25.1 Å². The van der Waals surface area contributed by atoms with E-state index in [1.54, 1.807) is 10.9 Å².